The lowest BCUT2D eigenvalue weighted by molar-refractivity contribution is -0.128. The number of nitrogens with zero attached hydrogens (tertiary/aromatic N) is 2. The number of hydrogen-bond acceptors (Lipinski definition) is 5. The van der Waals surface area contributed by atoms with E-state index in [1.54, 1.807) is 42.6 Å². The Morgan fingerprint density at radius 1 is 1.43 bits per heavy atom. The van der Waals surface area contributed by atoms with Gasteiger partial charge in [0.15, 0.2) is 11.5 Å². The molecule has 0 bridgehead atoms. The summed E-state index contributed by atoms with van der Waals surface area (Å²) in [5, 5.41) is 0.433. The third kappa shape index (κ3) is 5.97. The van der Waals surface area contributed by atoms with Crippen LogP contribution in [0.15, 0.2) is 42.7 Å². The van der Waals surface area contributed by atoms with Gasteiger partial charge in [0.25, 0.3) is 0 Å². The van der Waals surface area contributed by atoms with Crippen molar-refractivity contribution in [1.29, 1.82) is 0 Å². The van der Waals surface area contributed by atoms with Crippen LogP contribution in [0.1, 0.15) is 30.9 Å². The molecule has 7 heteroatoms. The van der Waals surface area contributed by atoms with Gasteiger partial charge in [-0.25, -0.2) is 0 Å². The summed E-state index contributed by atoms with van der Waals surface area (Å²) in [5.74, 6) is 0.934. The molecule has 0 saturated carbocycles. The number of pyridine rings is 1. The molecule has 6 nitrogen and oxygen atoms in total. The lowest BCUT2D eigenvalue weighted by atomic mass is 10.1. The molecular weight excluding hydrogens is 404 g/mol. The van der Waals surface area contributed by atoms with Gasteiger partial charge in [0.05, 0.1) is 24.8 Å². The Labute approximate surface area is 182 Å². The highest BCUT2D eigenvalue weighted by molar-refractivity contribution is 6.32. The minimum absolute atomic E-state index is 0.0685. The topological polar surface area (TPSA) is 60.9 Å². The fourth-order valence-corrected chi connectivity index (χ4v) is 3.69. The van der Waals surface area contributed by atoms with Crippen LogP contribution in [0.25, 0.3) is 6.08 Å². The van der Waals surface area contributed by atoms with Crippen LogP contribution in [-0.2, 0) is 16.1 Å². The molecule has 1 aliphatic rings. The molecule has 1 fully saturated rings. The van der Waals surface area contributed by atoms with Gasteiger partial charge in [0, 0.05) is 38.2 Å². The van der Waals surface area contributed by atoms with E-state index in [1.807, 2.05) is 25.1 Å². The molecule has 0 N–H and O–H groups in total. The van der Waals surface area contributed by atoms with Crippen molar-refractivity contribution in [3.63, 3.8) is 0 Å². The molecule has 1 amide bonds. The van der Waals surface area contributed by atoms with Gasteiger partial charge in [-0.2, -0.15) is 0 Å². The van der Waals surface area contributed by atoms with Gasteiger partial charge in [-0.3, -0.25) is 9.78 Å². The second-order valence-corrected chi connectivity index (χ2v) is 7.42. The molecule has 1 unspecified atom stereocenters. The average Bonchev–Trinajstić information content (AvgIpc) is 3.26. The van der Waals surface area contributed by atoms with Gasteiger partial charge >= 0.3 is 0 Å². The van der Waals surface area contributed by atoms with Crippen molar-refractivity contribution in [2.75, 3.05) is 26.9 Å². The zero-order valence-corrected chi connectivity index (χ0v) is 18.1. The standard InChI is InChI=1S/C23H27ClN2O4/c1-3-29-21-13-17(12-20(24)23(21)28-2)8-9-22(27)26(16-19-7-5-11-30-19)15-18-6-4-10-25-14-18/h4,6,8-10,12-14,19H,3,5,7,11,15-16H2,1-2H3/b9-8+. The molecule has 1 aromatic carbocycles. The SMILES string of the molecule is CCOc1cc(/C=C/C(=O)N(Cc2cccnc2)CC2CCCO2)cc(Cl)c1OC. The smallest absolute Gasteiger partial charge is 0.246 e. The Hall–Kier alpha value is -2.57. The second kappa shape index (κ2) is 11.0. The lowest BCUT2D eigenvalue weighted by Gasteiger charge is -2.24. The molecule has 1 aliphatic heterocycles. The van der Waals surface area contributed by atoms with Crippen LogP contribution in [0.4, 0.5) is 0 Å². The highest BCUT2D eigenvalue weighted by Crippen LogP contribution is 2.36. The van der Waals surface area contributed by atoms with Crippen molar-refractivity contribution in [3.05, 3.63) is 58.9 Å². The van der Waals surface area contributed by atoms with E-state index in [9.17, 15) is 4.79 Å². The minimum atomic E-state index is -0.0979. The number of ether oxygens (including phenoxy) is 3. The first-order valence-electron chi connectivity index (χ1n) is 10.1. The molecule has 160 valence electrons. The number of carbonyl (C=O) groups is 1. The van der Waals surface area contributed by atoms with Crippen molar-refractivity contribution in [1.82, 2.24) is 9.88 Å². The largest absolute Gasteiger partial charge is 0.491 e. The van der Waals surface area contributed by atoms with E-state index in [2.05, 4.69) is 4.98 Å². The summed E-state index contributed by atoms with van der Waals surface area (Å²) >= 11 is 6.31. The summed E-state index contributed by atoms with van der Waals surface area (Å²) in [7, 11) is 1.55. The van der Waals surface area contributed by atoms with E-state index >= 15 is 0 Å². The maximum absolute atomic E-state index is 13.0. The first-order valence-corrected chi connectivity index (χ1v) is 10.5. The summed E-state index contributed by atoms with van der Waals surface area (Å²) < 4.78 is 16.7. The number of amides is 1. The van der Waals surface area contributed by atoms with E-state index in [0.717, 1.165) is 30.6 Å². The molecule has 30 heavy (non-hydrogen) atoms. The van der Waals surface area contributed by atoms with Gasteiger partial charge in [-0.05, 0) is 55.2 Å². The normalized spacial score (nSPS) is 16.0. The Morgan fingerprint density at radius 2 is 2.30 bits per heavy atom. The Kier molecular flexibility index (Phi) is 8.11. The Bertz CT molecular complexity index is 867. The molecule has 0 radical (unpaired) electrons. The second-order valence-electron chi connectivity index (χ2n) is 7.02. The van der Waals surface area contributed by atoms with E-state index in [1.165, 1.54) is 0 Å². The van der Waals surface area contributed by atoms with E-state index in [0.29, 0.717) is 36.2 Å². The quantitative estimate of drug-likeness (QED) is 0.553. The highest BCUT2D eigenvalue weighted by atomic mass is 35.5. The summed E-state index contributed by atoms with van der Waals surface area (Å²) in [6.45, 7) is 4.15. The molecule has 2 heterocycles. The van der Waals surface area contributed by atoms with Crippen molar-refractivity contribution in [3.8, 4) is 11.5 Å². The maximum atomic E-state index is 13.0. The Morgan fingerprint density at radius 3 is 2.97 bits per heavy atom. The fourth-order valence-electron chi connectivity index (χ4n) is 3.40. The molecular formula is C23H27ClN2O4. The first-order chi connectivity index (χ1) is 14.6. The number of rotatable bonds is 9. The number of hydrogen-bond donors (Lipinski definition) is 0. The van der Waals surface area contributed by atoms with Crippen LogP contribution >= 0.6 is 11.6 Å². The van der Waals surface area contributed by atoms with E-state index < -0.39 is 0 Å². The number of halogens is 1. The number of methoxy groups -OCH3 is 1. The monoisotopic (exact) mass is 430 g/mol. The van der Waals surface area contributed by atoms with Crippen molar-refractivity contribution in [2.45, 2.75) is 32.4 Å². The number of benzene rings is 1. The molecule has 0 aliphatic carbocycles. The van der Waals surface area contributed by atoms with Gasteiger partial charge < -0.3 is 19.1 Å². The van der Waals surface area contributed by atoms with Crippen molar-refractivity contribution in [2.24, 2.45) is 0 Å². The fraction of sp³-hybridized carbons (Fsp3) is 0.391. The highest BCUT2D eigenvalue weighted by Gasteiger charge is 2.22. The zero-order valence-electron chi connectivity index (χ0n) is 17.3. The third-order valence-corrected chi connectivity index (χ3v) is 5.09. The van der Waals surface area contributed by atoms with Crippen molar-refractivity contribution < 1.29 is 19.0 Å². The van der Waals surface area contributed by atoms with Crippen LogP contribution < -0.4 is 9.47 Å². The Balaban J connectivity index is 1.77. The van der Waals surface area contributed by atoms with Crippen molar-refractivity contribution >= 4 is 23.6 Å². The predicted molar refractivity (Wildman–Crippen MR) is 117 cm³/mol. The zero-order chi connectivity index (χ0) is 21.3. The van der Waals surface area contributed by atoms with Crippen LogP contribution in [0.3, 0.4) is 0 Å². The van der Waals surface area contributed by atoms with Crippen LogP contribution in [0.2, 0.25) is 5.02 Å². The molecule has 1 atom stereocenters. The average molecular weight is 431 g/mol. The summed E-state index contributed by atoms with van der Waals surface area (Å²) in [5.41, 5.74) is 1.74. The third-order valence-electron chi connectivity index (χ3n) is 4.81. The molecule has 3 rings (SSSR count). The number of aromatic nitrogens is 1. The van der Waals surface area contributed by atoms with Gasteiger partial charge in [-0.1, -0.05) is 17.7 Å². The number of carbonyl (C=O) groups excluding carboxylic acids is 1. The van der Waals surface area contributed by atoms with Crippen LogP contribution in [0, 0.1) is 0 Å². The van der Waals surface area contributed by atoms with Gasteiger partial charge in [-0.15, -0.1) is 0 Å². The molecule has 0 spiro atoms. The van der Waals surface area contributed by atoms with E-state index in [-0.39, 0.29) is 12.0 Å². The maximum Gasteiger partial charge on any atom is 0.246 e. The first kappa shape index (κ1) is 22.1. The van der Waals surface area contributed by atoms with E-state index in [4.69, 9.17) is 25.8 Å². The van der Waals surface area contributed by atoms with Crippen LogP contribution in [-0.4, -0.2) is 48.8 Å². The van der Waals surface area contributed by atoms with Gasteiger partial charge in [0.2, 0.25) is 5.91 Å². The molecule has 1 aromatic heterocycles. The molecule has 1 saturated heterocycles. The summed E-state index contributed by atoms with van der Waals surface area (Å²) in [6.07, 6.45) is 8.85. The lowest BCUT2D eigenvalue weighted by Crippen LogP contribution is -2.35. The van der Waals surface area contributed by atoms with Gasteiger partial charge in [0.1, 0.15) is 0 Å². The molecule has 2 aromatic rings. The minimum Gasteiger partial charge on any atom is -0.491 e. The summed E-state index contributed by atoms with van der Waals surface area (Å²) in [4.78, 5) is 18.9. The summed E-state index contributed by atoms with van der Waals surface area (Å²) in [6, 6.07) is 7.39. The van der Waals surface area contributed by atoms with Crippen LogP contribution in [0.5, 0.6) is 11.5 Å². The predicted octanol–water partition coefficient (Wildman–Crippen LogP) is 4.36.